The number of aromatic nitrogens is 1. The second-order valence-corrected chi connectivity index (χ2v) is 17.4. The van der Waals surface area contributed by atoms with Crippen LogP contribution in [-0.2, 0) is 6.42 Å². The predicted octanol–water partition coefficient (Wildman–Crippen LogP) is 14.4. The molecule has 8 heteroatoms. The minimum Gasteiger partial charge on any atom is -0.422 e. The largest absolute Gasteiger partial charge is 0.422 e. The van der Waals surface area contributed by atoms with Crippen molar-refractivity contribution in [2.24, 2.45) is 0 Å². The summed E-state index contributed by atoms with van der Waals surface area (Å²) in [4.78, 5) is 25.1. The third kappa shape index (κ3) is 6.88. The van der Waals surface area contributed by atoms with Crippen molar-refractivity contribution in [1.29, 1.82) is 0 Å². The molecule has 0 saturated heterocycles. The summed E-state index contributed by atoms with van der Waals surface area (Å²) in [7, 11) is 0. The number of nitrogens with zero attached hydrogens (tertiary/aromatic N) is 1. The predicted molar refractivity (Wildman–Crippen MR) is 257 cm³/mol. The molecule has 11 aromatic rings. The summed E-state index contributed by atoms with van der Waals surface area (Å²) in [6, 6.07) is 56.8. The molecule has 12 rings (SSSR count). The Balaban J connectivity index is 0.000000123. The molecule has 59 heavy (non-hydrogen) atoms. The molecule has 0 N–H and O–H groups in total. The monoisotopic (exact) mass is 1000 g/mol. The molecule has 1 aliphatic rings. The van der Waals surface area contributed by atoms with Crippen molar-refractivity contribution in [2.45, 2.75) is 6.42 Å². The zero-order valence-corrected chi connectivity index (χ0v) is 36.4. The van der Waals surface area contributed by atoms with Crippen molar-refractivity contribution < 1.29 is 8.83 Å². The molecule has 0 saturated carbocycles. The first-order valence-electron chi connectivity index (χ1n) is 18.9. The molecular formula is C51H30Br2INO4. The average Bonchev–Trinajstić information content (AvgIpc) is 3.79. The maximum atomic E-state index is 12.8. The SMILES string of the molecule is Brc1ccc(I)cc1.O=c1oc2ccccc2c2cc3c(cc12)Cc1ccccc1-3.O=c1oc2ccccc2c2cc3c4ccccc4n(-c4ccc(Br)cc4)c3cc12. The second kappa shape index (κ2) is 15.4. The molecule has 0 atom stereocenters. The maximum Gasteiger partial charge on any atom is 0.344 e. The molecule has 0 radical (unpaired) electrons. The van der Waals surface area contributed by atoms with Crippen molar-refractivity contribution in [3.63, 3.8) is 0 Å². The molecule has 3 heterocycles. The van der Waals surface area contributed by atoms with E-state index in [1.807, 2.05) is 91.0 Å². The van der Waals surface area contributed by atoms with Gasteiger partial charge in [-0.25, -0.2) is 9.59 Å². The molecule has 3 aromatic heterocycles. The van der Waals surface area contributed by atoms with Crippen LogP contribution in [0.4, 0.5) is 0 Å². The van der Waals surface area contributed by atoms with Crippen LogP contribution in [0.25, 0.3) is 82.1 Å². The number of rotatable bonds is 1. The van der Waals surface area contributed by atoms with Gasteiger partial charge in [-0.15, -0.1) is 0 Å². The summed E-state index contributed by atoms with van der Waals surface area (Å²) in [6.45, 7) is 0. The third-order valence-electron chi connectivity index (χ3n) is 10.8. The van der Waals surface area contributed by atoms with Crippen LogP contribution in [0.5, 0.6) is 0 Å². The topological polar surface area (TPSA) is 65.3 Å². The van der Waals surface area contributed by atoms with E-state index in [1.54, 1.807) is 0 Å². The Morgan fingerprint density at radius 3 is 1.64 bits per heavy atom. The average molecular weight is 1010 g/mol. The van der Waals surface area contributed by atoms with E-state index in [-0.39, 0.29) is 11.3 Å². The van der Waals surface area contributed by atoms with Crippen LogP contribution >= 0.6 is 54.5 Å². The molecule has 8 aromatic carbocycles. The van der Waals surface area contributed by atoms with E-state index < -0.39 is 0 Å². The lowest BCUT2D eigenvalue weighted by Crippen LogP contribution is -2.00. The van der Waals surface area contributed by atoms with Crippen LogP contribution in [0.3, 0.4) is 0 Å². The van der Waals surface area contributed by atoms with Gasteiger partial charge in [0.2, 0.25) is 0 Å². The molecule has 0 spiro atoms. The van der Waals surface area contributed by atoms with E-state index in [1.165, 1.54) is 25.8 Å². The van der Waals surface area contributed by atoms with Gasteiger partial charge in [-0.2, -0.15) is 0 Å². The standard InChI is InChI=1S/C25H14BrNO2.C20H12O2.C6H4BrI/c26-15-9-11-16(12-10-15)27-22-7-3-1-5-17(22)20-13-19-18-6-2-4-8-24(18)29-25(28)21(19)14-23(20)27;21-20-18-10-13-9-12-5-1-2-6-14(12)16(13)11-17(18)15-7-3-4-8-19(15)22-20;7-5-1-3-6(8)4-2-5/h1-14H;1-8,10-11H,9H2;1-4H. The molecule has 284 valence electrons. The molecule has 0 unspecified atom stereocenters. The maximum absolute atomic E-state index is 12.8. The Morgan fingerprint density at radius 1 is 0.441 bits per heavy atom. The fourth-order valence-electron chi connectivity index (χ4n) is 8.15. The minimum absolute atomic E-state index is 0.257. The molecule has 5 nitrogen and oxygen atoms in total. The van der Waals surface area contributed by atoms with E-state index in [4.69, 9.17) is 8.83 Å². The lowest BCUT2D eigenvalue weighted by Gasteiger charge is -2.09. The van der Waals surface area contributed by atoms with Gasteiger partial charge in [0.1, 0.15) is 11.2 Å². The number of hydrogen-bond donors (Lipinski definition) is 0. The summed E-state index contributed by atoms with van der Waals surface area (Å²) in [5.74, 6) is 0. The summed E-state index contributed by atoms with van der Waals surface area (Å²) < 4.78 is 16.7. The zero-order valence-electron chi connectivity index (χ0n) is 31.1. The number of hydrogen-bond acceptors (Lipinski definition) is 4. The van der Waals surface area contributed by atoms with E-state index in [9.17, 15) is 9.59 Å². The van der Waals surface area contributed by atoms with Crippen LogP contribution in [0, 0.1) is 3.57 Å². The van der Waals surface area contributed by atoms with Gasteiger partial charge < -0.3 is 13.4 Å². The smallest absolute Gasteiger partial charge is 0.344 e. The zero-order chi connectivity index (χ0) is 40.2. The first kappa shape index (κ1) is 37.5. The molecule has 1 aliphatic carbocycles. The summed E-state index contributed by atoms with van der Waals surface area (Å²) in [6.07, 6.45) is 0.883. The van der Waals surface area contributed by atoms with Crippen molar-refractivity contribution in [1.82, 2.24) is 4.57 Å². The third-order valence-corrected chi connectivity index (χ3v) is 12.6. The first-order valence-corrected chi connectivity index (χ1v) is 21.6. The molecule has 0 amide bonds. The van der Waals surface area contributed by atoms with Crippen molar-refractivity contribution in [3.8, 4) is 16.8 Å². The number of benzene rings is 8. The molecule has 0 bridgehead atoms. The van der Waals surface area contributed by atoms with Crippen LogP contribution in [-0.4, -0.2) is 4.57 Å². The van der Waals surface area contributed by atoms with Crippen molar-refractivity contribution in [3.05, 3.63) is 214 Å². The van der Waals surface area contributed by atoms with Crippen LogP contribution < -0.4 is 11.3 Å². The summed E-state index contributed by atoms with van der Waals surface area (Å²) in [5.41, 5.74) is 8.86. The Labute approximate surface area is 367 Å². The van der Waals surface area contributed by atoms with E-state index in [0.29, 0.717) is 21.9 Å². The molecule has 0 aliphatic heterocycles. The van der Waals surface area contributed by atoms with Gasteiger partial charge in [-0.1, -0.05) is 111 Å². The highest BCUT2D eigenvalue weighted by atomic mass is 127. The van der Waals surface area contributed by atoms with E-state index in [2.05, 4.69) is 138 Å². The quantitative estimate of drug-likeness (QED) is 0.0934. The number of fused-ring (bicyclic) bond motifs is 12. The van der Waals surface area contributed by atoms with Crippen LogP contribution in [0.1, 0.15) is 11.1 Å². The van der Waals surface area contributed by atoms with Crippen LogP contribution in [0.2, 0.25) is 0 Å². The van der Waals surface area contributed by atoms with Gasteiger partial charge in [-0.05, 0) is 142 Å². The normalized spacial score (nSPS) is 11.7. The Kier molecular flexibility index (Phi) is 9.79. The minimum atomic E-state index is -0.312. The van der Waals surface area contributed by atoms with Gasteiger partial charge in [0.15, 0.2) is 0 Å². The van der Waals surface area contributed by atoms with Gasteiger partial charge in [0, 0.05) is 50.5 Å². The first-order chi connectivity index (χ1) is 28.8. The van der Waals surface area contributed by atoms with Gasteiger partial charge >= 0.3 is 11.3 Å². The highest BCUT2D eigenvalue weighted by Crippen LogP contribution is 2.40. The fraction of sp³-hybridized carbons (Fsp3) is 0.0196. The highest BCUT2D eigenvalue weighted by molar-refractivity contribution is 14.1. The summed E-state index contributed by atoms with van der Waals surface area (Å²) >= 11 is 9.13. The van der Waals surface area contributed by atoms with Crippen molar-refractivity contribution >= 4 is 120 Å². The van der Waals surface area contributed by atoms with Crippen LogP contribution in [0.15, 0.2) is 197 Å². The summed E-state index contributed by atoms with van der Waals surface area (Å²) in [5, 5.41) is 7.37. The second-order valence-electron chi connectivity index (χ2n) is 14.3. The number of para-hydroxylation sites is 3. The Morgan fingerprint density at radius 2 is 0.983 bits per heavy atom. The number of halogens is 3. The van der Waals surface area contributed by atoms with Gasteiger partial charge in [0.25, 0.3) is 0 Å². The Bertz CT molecular complexity index is 3530. The lowest BCUT2D eigenvalue weighted by atomic mass is 9.99. The molecular weight excluding hydrogens is 977 g/mol. The van der Waals surface area contributed by atoms with E-state index in [0.717, 1.165) is 64.4 Å². The lowest BCUT2D eigenvalue weighted by molar-refractivity contribution is 0.569. The van der Waals surface area contributed by atoms with E-state index >= 15 is 0 Å². The van der Waals surface area contributed by atoms with Gasteiger partial charge in [0.05, 0.1) is 21.8 Å². The van der Waals surface area contributed by atoms with Crippen molar-refractivity contribution in [2.75, 3.05) is 0 Å². The van der Waals surface area contributed by atoms with Gasteiger partial charge in [-0.3, -0.25) is 0 Å². The highest BCUT2D eigenvalue weighted by Gasteiger charge is 2.21. The molecule has 0 fully saturated rings. The fourth-order valence-corrected chi connectivity index (χ4v) is 9.03. The Hall–Kier alpha value is -5.81.